The van der Waals surface area contributed by atoms with Crippen LogP contribution in [0.3, 0.4) is 0 Å². The van der Waals surface area contributed by atoms with Crippen LogP contribution >= 0.6 is 0 Å². The minimum Gasteiger partial charge on any atom is -0.350 e. The largest absolute Gasteiger partial charge is 0.350 e. The molecule has 0 aliphatic carbocycles. The summed E-state index contributed by atoms with van der Waals surface area (Å²) >= 11 is 0. The maximum Gasteiger partial charge on any atom is 0.159 e. The molecule has 0 amide bonds. The Morgan fingerprint density at radius 1 is 1.18 bits per heavy atom. The van der Waals surface area contributed by atoms with Crippen molar-refractivity contribution in [2.75, 3.05) is 20.3 Å². The van der Waals surface area contributed by atoms with E-state index in [4.69, 9.17) is 9.47 Å². The number of hydrogen-bond acceptors (Lipinski definition) is 3. The van der Waals surface area contributed by atoms with Crippen molar-refractivity contribution >= 4 is 0 Å². The molecule has 1 atom stereocenters. The van der Waals surface area contributed by atoms with Gasteiger partial charge in [-0.2, -0.15) is 0 Å². The highest BCUT2D eigenvalue weighted by molar-refractivity contribution is 5.30. The summed E-state index contributed by atoms with van der Waals surface area (Å²) in [5, 5.41) is 3.34. The molecule has 1 aromatic carbocycles. The zero-order valence-corrected chi connectivity index (χ0v) is 10.8. The van der Waals surface area contributed by atoms with Gasteiger partial charge < -0.3 is 14.8 Å². The fourth-order valence-electron chi connectivity index (χ4n) is 2.37. The fraction of sp³-hybridized carbons (Fsp3) is 0.571. The van der Waals surface area contributed by atoms with Crippen molar-refractivity contribution in [2.45, 2.75) is 32.6 Å². The molecular formula is C14H21NO2. The third-order valence-electron chi connectivity index (χ3n) is 3.11. The predicted molar refractivity (Wildman–Crippen MR) is 68.0 cm³/mol. The first-order valence-corrected chi connectivity index (χ1v) is 6.17. The summed E-state index contributed by atoms with van der Waals surface area (Å²) in [5.74, 6) is 0. The van der Waals surface area contributed by atoms with E-state index in [-0.39, 0.29) is 12.3 Å². The second-order valence-corrected chi connectivity index (χ2v) is 4.67. The maximum absolute atomic E-state index is 5.51. The van der Waals surface area contributed by atoms with Gasteiger partial charge in [0.05, 0.1) is 13.2 Å². The third kappa shape index (κ3) is 3.28. The third-order valence-corrected chi connectivity index (χ3v) is 3.11. The van der Waals surface area contributed by atoms with Crippen molar-refractivity contribution in [1.82, 2.24) is 5.32 Å². The Bertz CT molecular complexity index is 352. The summed E-state index contributed by atoms with van der Waals surface area (Å²) in [6.45, 7) is 5.69. The van der Waals surface area contributed by atoms with Crippen molar-refractivity contribution in [3.05, 3.63) is 34.9 Å². The Balaban J connectivity index is 2.10. The normalized spacial score (nSPS) is 18.5. The highest BCUT2D eigenvalue weighted by atomic mass is 16.7. The van der Waals surface area contributed by atoms with E-state index in [2.05, 4.69) is 37.4 Å². The van der Waals surface area contributed by atoms with Crippen LogP contribution in [0.25, 0.3) is 0 Å². The van der Waals surface area contributed by atoms with Crippen LogP contribution in [0.1, 0.15) is 29.2 Å². The van der Waals surface area contributed by atoms with Gasteiger partial charge in [0.2, 0.25) is 0 Å². The fourth-order valence-corrected chi connectivity index (χ4v) is 2.37. The van der Waals surface area contributed by atoms with E-state index in [1.54, 1.807) is 0 Å². The van der Waals surface area contributed by atoms with E-state index in [1.165, 1.54) is 16.7 Å². The number of rotatable bonds is 4. The van der Waals surface area contributed by atoms with Crippen LogP contribution < -0.4 is 5.32 Å². The molecule has 1 aliphatic heterocycles. The quantitative estimate of drug-likeness (QED) is 0.869. The number of nitrogens with one attached hydrogen (secondary N) is 1. The van der Waals surface area contributed by atoms with E-state index >= 15 is 0 Å². The lowest BCUT2D eigenvalue weighted by molar-refractivity contribution is -0.0526. The maximum atomic E-state index is 5.51. The number of ether oxygens (including phenoxy) is 2. The van der Waals surface area contributed by atoms with Gasteiger partial charge in [0.25, 0.3) is 0 Å². The number of hydrogen-bond donors (Lipinski definition) is 1. The summed E-state index contributed by atoms with van der Waals surface area (Å²) in [7, 11) is 1.98. The van der Waals surface area contributed by atoms with E-state index < -0.39 is 0 Å². The topological polar surface area (TPSA) is 30.5 Å². The van der Waals surface area contributed by atoms with Crippen LogP contribution in [-0.2, 0) is 9.47 Å². The summed E-state index contributed by atoms with van der Waals surface area (Å²) < 4.78 is 11.0. The molecule has 17 heavy (non-hydrogen) atoms. The first-order chi connectivity index (χ1) is 8.19. The van der Waals surface area contributed by atoms with Crippen LogP contribution in [0.15, 0.2) is 18.2 Å². The summed E-state index contributed by atoms with van der Waals surface area (Å²) in [5.41, 5.74) is 3.91. The Labute approximate surface area is 103 Å². The van der Waals surface area contributed by atoms with Gasteiger partial charge in [0, 0.05) is 12.5 Å². The molecule has 3 heteroatoms. The van der Waals surface area contributed by atoms with E-state index in [1.807, 2.05) is 7.05 Å². The molecule has 1 saturated heterocycles. The first kappa shape index (κ1) is 12.6. The molecule has 1 aromatic rings. The minimum absolute atomic E-state index is 0.0618. The highest BCUT2D eigenvalue weighted by Gasteiger charge is 2.21. The SMILES string of the molecule is CNC(CC1OCCO1)c1cc(C)cc(C)c1. The second kappa shape index (κ2) is 5.63. The van der Waals surface area contributed by atoms with Gasteiger partial charge in [-0.25, -0.2) is 0 Å². The predicted octanol–water partition coefficient (Wildman–Crippen LogP) is 2.33. The molecule has 1 fully saturated rings. The molecule has 1 N–H and O–H groups in total. The zero-order chi connectivity index (χ0) is 12.3. The first-order valence-electron chi connectivity index (χ1n) is 6.17. The highest BCUT2D eigenvalue weighted by Crippen LogP contribution is 2.23. The Hall–Kier alpha value is -0.900. The van der Waals surface area contributed by atoms with Crippen LogP contribution in [0.2, 0.25) is 0 Å². The van der Waals surface area contributed by atoms with Gasteiger partial charge >= 0.3 is 0 Å². The van der Waals surface area contributed by atoms with Crippen molar-refractivity contribution in [1.29, 1.82) is 0 Å². The van der Waals surface area contributed by atoms with E-state index in [0.717, 1.165) is 6.42 Å². The van der Waals surface area contributed by atoms with Crippen LogP contribution in [0, 0.1) is 13.8 Å². The van der Waals surface area contributed by atoms with Crippen molar-refractivity contribution < 1.29 is 9.47 Å². The van der Waals surface area contributed by atoms with E-state index in [0.29, 0.717) is 13.2 Å². The van der Waals surface area contributed by atoms with Crippen molar-refractivity contribution in [3.63, 3.8) is 0 Å². The molecule has 1 aliphatic rings. The Kier molecular flexibility index (Phi) is 4.15. The molecule has 0 radical (unpaired) electrons. The molecule has 3 nitrogen and oxygen atoms in total. The lowest BCUT2D eigenvalue weighted by Gasteiger charge is -2.20. The molecule has 0 bridgehead atoms. The lowest BCUT2D eigenvalue weighted by Crippen LogP contribution is -2.23. The van der Waals surface area contributed by atoms with Gasteiger partial charge in [-0.15, -0.1) is 0 Å². The molecular weight excluding hydrogens is 214 g/mol. The monoisotopic (exact) mass is 235 g/mol. The molecule has 0 saturated carbocycles. The van der Waals surface area contributed by atoms with Crippen molar-refractivity contribution in [3.8, 4) is 0 Å². The van der Waals surface area contributed by atoms with Crippen molar-refractivity contribution in [2.24, 2.45) is 0 Å². The minimum atomic E-state index is -0.0618. The van der Waals surface area contributed by atoms with Crippen LogP contribution in [0.4, 0.5) is 0 Å². The van der Waals surface area contributed by atoms with Gasteiger partial charge in [-0.3, -0.25) is 0 Å². The molecule has 2 rings (SSSR count). The molecule has 0 spiro atoms. The average Bonchev–Trinajstić information content (AvgIpc) is 2.77. The zero-order valence-electron chi connectivity index (χ0n) is 10.8. The van der Waals surface area contributed by atoms with E-state index in [9.17, 15) is 0 Å². The Morgan fingerprint density at radius 3 is 2.29 bits per heavy atom. The summed E-state index contributed by atoms with van der Waals surface area (Å²) in [6.07, 6.45) is 0.799. The van der Waals surface area contributed by atoms with Gasteiger partial charge in [0.15, 0.2) is 6.29 Å². The van der Waals surface area contributed by atoms with Gasteiger partial charge in [0.1, 0.15) is 0 Å². The van der Waals surface area contributed by atoms with Crippen LogP contribution in [0.5, 0.6) is 0 Å². The molecule has 1 heterocycles. The van der Waals surface area contributed by atoms with Crippen LogP contribution in [-0.4, -0.2) is 26.6 Å². The molecule has 0 aromatic heterocycles. The second-order valence-electron chi connectivity index (χ2n) is 4.67. The lowest BCUT2D eigenvalue weighted by atomic mass is 9.99. The van der Waals surface area contributed by atoms with Gasteiger partial charge in [-0.1, -0.05) is 29.3 Å². The average molecular weight is 235 g/mol. The van der Waals surface area contributed by atoms with Gasteiger partial charge in [-0.05, 0) is 26.5 Å². The smallest absolute Gasteiger partial charge is 0.159 e. The number of benzene rings is 1. The summed E-state index contributed by atoms with van der Waals surface area (Å²) in [6, 6.07) is 6.93. The number of aryl methyl sites for hydroxylation is 2. The molecule has 94 valence electrons. The standard InChI is InChI=1S/C14H21NO2/c1-10-6-11(2)8-12(7-10)13(15-3)9-14-16-4-5-17-14/h6-8,13-15H,4-5,9H2,1-3H3. The Morgan fingerprint density at radius 2 is 1.76 bits per heavy atom. The summed E-state index contributed by atoms with van der Waals surface area (Å²) in [4.78, 5) is 0. The molecule has 1 unspecified atom stereocenters.